The molecule has 0 spiro atoms. The number of pyridine rings is 1. The van der Waals surface area contributed by atoms with Crippen molar-refractivity contribution in [3.8, 4) is 0 Å². The molecular weight excluding hydrogens is 290 g/mol. The second kappa shape index (κ2) is 6.96. The molecule has 0 radical (unpaired) electrons. The van der Waals surface area contributed by atoms with Gasteiger partial charge in [0.05, 0.1) is 11.3 Å². The largest absolute Gasteiger partial charge is 0.466 e. The van der Waals surface area contributed by atoms with E-state index in [1.807, 2.05) is 49.2 Å². The summed E-state index contributed by atoms with van der Waals surface area (Å²) in [4.78, 5) is 21.4. The molecule has 0 bridgehead atoms. The highest BCUT2D eigenvalue weighted by Crippen LogP contribution is 2.17. The van der Waals surface area contributed by atoms with Crippen molar-refractivity contribution in [3.05, 3.63) is 53.2 Å². The Balaban J connectivity index is 1.62. The Morgan fingerprint density at radius 1 is 1.22 bits per heavy atom. The Morgan fingerprint density at radius 2 is 2.09 bits per heavy atom. The number of aryl methyl sites for hydroxylation is 2. The minimum absolute atomic E-state index is 0.0824. The van der Waals surface area contributed by atoms with Crippen LogP contribution >= 0.6 is 0 Å². The monoisotopic (exact) mass is 313 g/mol. The van der Waals surface area contributed by atoms with E-state index >= 15 is 0 Å². The summed E-state index contributed by atoms with van der Waals surface area (Å²) in [5.74, 6) is 1.58. The average Bonchev–Trinajstić information content (AvgIpc) is 2.74. The van der Waals surface area contributed by atoms with E-state index in [1.54, 1.807) is 0 Å². The molecule has 0 aliphatic carbocycles. The summed E-state index contributed by atoms with van der Waals surface area (Å²) in [6.07, 6.45) is 2.81. The van der Waals surface area contributed by atoms with Crippen LogP contribution < -0.4 is 0 Å². The van der Waals surface area contributed by atoms with Crippen molar-refractivity contribution in [2.45, 2.75) is 26.8 Å². The molecule has 1 aliphatic heterocycles. The van der Waals surface area contributed by atoms with Gasteiger partial charge in [-0.25, -0.2) is 0 Å². The van der Waals surface area contributed by atoms with Crippen molar-refractivity contribution in [1.29, 1.82) is 0 Å². The Kier molecular flexibility index (Phi) is 4.76. The Labute approximate surface area is 136 Å². The van der Waals surface area contributed by atoms with Gasteiger partial charge in [-0.05, 0) is 38.5 Å². The van der Waals surface area contributed by atoms with E-state index in [2.05, 4.69) is 9.88 Å². The highest BCUT2D eigenvalue weighted by atomic mass is 16.3. The van der Waals surface area contributed by atoms with Crippen molar-refractivity contribution in [2.24, 2.45) is 0 Å². The lowest BCUT2D eigenvalue weighted by Gasteiger charge is -2.21. The van der Waals surface area contributed by atoms with E-state index < -0.39 is 0 Å². The fourth-order valence-corrected chi connectivity index (χ4v) is 3.07. The molecule has 23 heavy (non-hydrogen) atoms. The smallest absolute Gasteiger partial charge is 0.257 e. The summed E-state index contributed by atoms with van der Waals surface area (Å²) in [6.45, 7) is 7.97. The van der Waals surface area contributed by atoms with Crippen LogP contribution in [0.2, 0.25) is 0 Å². The van der Waals surface area contributed by atoms with Crippen LogP contribution in [0, 0.1) is 13.8 Å². The van der Waals surface area contributed by atoms with E-state index in [0.717, 1.165) is 50.6 Å². The summed E-state index contributed by atoms with van der Waals surface area (Å²) in [5, 5.41) is 0. The van der Waals surface area contributed by atoms with E-state index in [0.29, 0.717) is 11.3 Å². The molecule has 3 rings (SSSR count). The number of amides is 1. The second-order valence-corrected chi connectivity index (χ2v) is 6.07. The fraction of sp³-hybridized carbons (Fsp3) is 0.444. The summed E-state index contributed by atoms with van der Waals surface area (Å²) in [6, 6.07) is 7.83. The first kappa shape index (κ1) is 15.7. The Bertz CT molecular complexity index is 666. The predicted octanol–water partition coefficient (Wildman–Crippen LogP) is 2.64. The zero-order valence-electron chi connectivity index (χ0n) is 13.8. The van der Waals surface area contributed by atoms with Gasteiger partial charge in [0.2, 0.25) is 0 Å². The van der Waals surface area contributed by atoms with Crippen molar-refractivity contribution >= 4 is 5.91 Å². The highest BCUT2D eigenvalue weighted by Gasteiger charge is 2.23. The number of hydrogen-bond donors (Lipinski definition) is 0. The standard InChI is InChI=1S/C18H23N3O2/c1-14-12-17(15(2)23-14)18(22)21-9-5-8-20(10-11-21)13-16-6-3-4-7-19-16/h3-4,6-7,12H,5,8-11,13H2,1-2H3. The van der Waals surface area contributed by atoms with Crippen LogP contribution in [0.3, 0.4) is 0 Å². The van der Waals surface area contributed by atoms with Gasteiger partial charge in [0.25, 0.3) is 5.91 Å². The van der Waals surface area contributed by atoms with Crippen molar-refractivity contribution in [2.75, 3.05) is 26.2 Å². The molecule has 0 atom stereocenters. The molecule has 1 amide bonds. The third-order valence-electron chi connectivity index (χ3n) is 4.26. The first-order valence-electron chi connectivity index (χ1n) is 8.12. The molecule has 5 nitrogen and oxygen atoms in total. The van der Waals surface area contributed by atoms with Gasteiger partial charge in [0.1, 0.15) is 11.5 Å². The van der Waals surface area contributed by atoms with E-state index in [9.17, 15) is 4.79 Å². The second-order valence-electron chi connectivity index (χ2n) is 6.07. The number of rotatable bonds is 3. The molecule has 2 aromatic rings. The lowest BCUT2D eigenvalue weighted by atomic mass is 10.2. The van der Waals surface area contributed by atoms with Gasteiger partial charge in [0, 0.05) is 38.9 Å². The minimum Gasteiger partial charge on any atom is -0.466 e. The van der Waals surface area contributed by atoms with Crippen LogP contribution in [0.5, 0.6) is 0 Å². The van der Waals surface area contributed by atoms with Crippen molar-refractivity contribution in [3.63, 3.8) is 0 Å². The first-order chi connectivity index (χ1) is 11.1. The van der Waals surface area contributed by atoms with Crippen molar-refractivity contribution < 1.29 is 9.21 Å². The lowest BCUT2D eigenvalue weighted by Crippen LogP contribution is -2.35. The Morgan fingerprint density at radius 3 is 2.78 bits per heavy atom. The SMILES string of the molecule is Cc1cc(C(=O)N2CCCN(Cc3ccccn3)CC2)c(C)o1. The van der Waals surface area contributed by atoms with Gasteiger partial charge in [-0.2, -0.15) is 0 Å². The molecule has 1 saturated heterocycles. The van der Waals surface area contributed by atoms with Gasteiger partial charge in [-0.15, -0.1) is 0 Å². The summed E-state index contributed by atoms with van der Waals surface area (Å²) >= 11 is 0. The van der Waals surface area contributed by atoms with Gasteiger partial charge >= 0.3 is 0 Å². The molecular formula is C18H23N3O2. The molecule has 2 aromatic heterocycles. The minimum atomic E-state index is 0.0824. The molecule has 0 unspecified atom stereocenters. The number of furan rings is 1. The van der Waals surface area contributed by atoms with Crippen molar-refractivity contribution in [1.82, 2.24) is 14.8 Å². The van der Waals surface area contributed by atoms with E-state index in [1.165, 1.54) is 0 Å². The third kappa shape index (κ3) is 3.79. The maximum Gasteiger partial charge on any atom is 0.257 e. The molecule has 0 saturated carbocycles. The highest BCUT2D eigenvalue weighted by molar-refractivity contribution is 5.95. The average molecular weight is 313 g/mol. The number of hydrogen-bond acceptors (Lipinski definition) is 4. The van der Waals surface area contributed by atoms with Crippen LogP contribution in [0.4, 0.5) is 0 Å². The Hall–Kier alpha value is -2.14. The number of carbonyl (C=O) groups excluding carboxylic acids is 1. The quantitative estimate of drug-likeness (QED) is 0.874. The predicted molar refractivity (Wildman–Crippen MR) is 88.2 cm³/mol. The topological polar surface area (TPSA) is 49.6 Å². The van der Waals surface area contributed by atoms with Gasteiger partial charge in [-0.1, -0.05) is 6.07 Å². The van der Waals surface area contributed by atoms with Gasteiger partial charge in [0.15, 0.2) is 0 Å². The zero-order valence-corrected chi connectivity index (χ0v) is 13.8. The molecule has 122 valence electrons. The maximum absolute atomic E-state index is 12.7. The normalized spacial score (nSPS) is 16.3. The van der Waals surface area contributed by atoms with Crippen LogP contribution in [0.1, 0.15) is 34.0 Å². The molecule has 0 N–H and O–H groups in total. The zero-order chi connectivity index (χ0) is 16.2. The summed E-state index contributed by atoms with van der Waals surface area (Å²) in [7, 11) is 0. The number of aromatic nitrogens is 1. The van der Waals surface area contributed by atoms with Crippen LogP contribution in [-0.4, -0.2) is 46.9 Å². The van der Waals surface area contributed by atoms with Crippen LogP contribution in [0.25, 0.3) is 0 Å². The molecule has 1 fully saturated rings. The third-order valence-corrected chi connectivity index (χ3v) is 4.26. The molecule has 1 aliphatic rings. The summed E-state index contributed by atoms with van der Waals surface area (Å²) in [5.41, 5.74) is 1.77. The van der Waals surface area contributed by atoms with Crippen LogP contribution in [0.15, 0.2) is 34.9 Å². The first-order valence-corrected chi connectivity index (χ1v) is 8.12. The molecule has 3 heterocycles. The van der Waals surface area contributed by atoms with E-state index in [-0.39, 0.29) is 5.91 Å². The van der Waals surface area contributed by atoms with E-state index in [4.69, 9.17) is 4.42 Å². The van der Waals surface area contributed by atoms with Gasteiger partial charge < -0.3 is 9.32 Å². The van der Waals surface area contributed by atoms with Gasteiger partial charge in [-0.3, -0.25) is 14.7 Å². The lowest BCUT2D eigenvalue weighted by molar-refractivity contribution is 0.0759. The fourth-order valence-electron chi connectivity index (χ4n) is 3.07. The number of carbonyl (C=O) groups is 1. The van der Waals surface area contributed by atoms with Crippen LogP contribution in [-0.2, 0) is 6.54 Å². The molecule has 0 aromatic carbocycles. The molecule has 5 heteroatoms. The number of nitrogens with zero attached hydrogens (tertiary/aromatic N) is 3. The maximum atomic E-state index is 12.7. The summed E-state index contributed by atoms with van der Waals surface area (Å²) < 4.78 is 5.49.